The minimum absolute atomic E-state index is 0.628. The lowest BCUT2D eigenvalue weighted by Crippen LogP contribution is -2.31. The van der Waals surface area contributed by atoms with E-state index in [9.17, 15) is 0 Å². The fourth-order valence-electron chi connectivity index (χ4n) is 2.51. The number of methoxy groups -OCH3 is 1. The summed E-state index contributed by atoms with van der Waals surface area (Å²) >= 11 is 0. The molecule has 0 rings (SSSR count). The standard InChI is InChI=1S/C18H39NO2/c1-4-6-7-8-9-10-11-12-18(19-14-5-2)13-15-21-17-16-20-3/h18-19H,4-17H2,1-3H3. The molecule has 0 aliphatic carbocycles. The number of nitrogens with one attached hydrogen (secondary N) is 1. The number of hydrogen-bond acceptors (Lipinski definition) is 3. The molecule has 0 aromatic carbocycles. The molecule has 3 heteroatoms. The van der Waals surface area contributed by atoms with Gasteiger partial charge in [0.25, 0.3) is 0 Å². The minimum atomic E-state index is 0.628. The van der Waals surface area contributed by atoms with E-state index >= 15 is 0 Å². The van der Waals surface area contributed by atoms with Crippen LogP contribution < -0.4 is 5.32 Å². The first kappa shape index (κ1) is 20.9. The van der Waals surface area contributed by atoms with Gasteiger partial charge in [-0.3, -0.25) is 0 Å². The third-order valence-electron chi connectivity index (χ3n) is 3.88. The molecule has 0 spiro atoms. The van der Waals surface area contributed by atoms with Crippen molar-refractivity contribution in [3.05, 3.63) is 0 Å². The van der Waals surface area contributed by atoms with E-state index in [4.69, 9.17) is 9.47 Å². The highest BCUT2D eigenvalue weighted by atomic mass is 16.5. The zero-order valence-corrected chi connectivity index (χ0v) is 14.8. The quantitative estimate of drug-likeness (QED) is 0.400. The lowest BCUT2D eigenvalue weighted by atomic mass is 10.0. The molecule has 1 unspecified atom stereocenters. The summed E-state index contributed by atoms with van der Waals surface area (Å²) in [5, 5.41) is 3.66. The van der Waals surface area contributed by atoms with Crippen molar-refractivity contribution in [2.45, 2.75) is 84.1 Å². The van der Waals surface area contributed by atoms with Crippen LogP contribution in [0.25, 0.3) is 0 Å². The van der Waals surface area contributed by atoms with Crippen LogP contribution in [0.4, 0.5) is 0 Å². The monoisotopic (exact) mass is 301 g/mol. The molecule has 0 aromatic heterocycles. The van der Waals surface area contributed by atoms with Gasteiger partial charge in [0.05, 0.1) is 13.2 Å². The van der Waals surface area contributed by atoms with Gasteiger partial charge in [-0.05, 0) is 25.8 Å². The Balaban J connectivity index is 3.55. The van der Waals surface area contributed by atoms with Gasteiger partial charge >= 0.3 is 0 Å². The van der Waals surface area contributed by atoms with Crippen LogP contribution in [0.3, 0.4) is 0 Å². The van der Waals surface area contributed by atoms with E-state index in [0.717, 1.165) is 19.6 Å². The number of rotatable bonds is 17. The lowest BCUT2D eigenvalue weighted by molar-refractivity contribution is 0.0653. The summed E-state index contributed by atoms with van der Waals surface area (Å²) in [5.41, 5.74) is 0. The van der Waals surface area contributed by atoms with E-state index < -0.39 is 0 Å². The summed E-state index contributed by atoms with van der Waals surface area (Å²) in [6, 6.07) is 0.628. The third kappa shape index (κ3) is 16.1. The molecule has 21 heavy (non-hydrogen) atoms. The van der Waals surface area contributed by atoms with Crippen molar-refractivity contribution in [1.82, 2.24) is 5.32 Å². The molecule has 0 amide bonds. The smallest absolute Gasteiger partial charge is 0.0700 e. The second kappa shape index (κ2) is 17.9. The van der Waals surface area contributed by atoms with Crippen molar-refractivity contribution in [2.75, 3.05) is 33.5 Å². The molecule has 0 saturated heterocycles. The van der Waals surface area contributed by atoms with Gasteiger partial charge < -0.3 is 14.8 Å². The van der Waals surface area contributed by atoms with Gasteiger partial charge in [-0.15, -0.1) is 0 Å². The highest BCUT2D eigenvalue weighted by molar-refractivity contribution is 4.66. The Labute approximate surface area is 133 Å². The second-order valence-corrected chi connectivity index (χ2v) is 5.95. The zero-order chi connectivity index (χ0) is 15.6. The Morgan fingerprint density at radius 3 is 2.14 bits per heavy atom. The van der Waals surface area contributed by atoms with Crippen LogP contribution in [0, 0.1) is 0 Å². The van der Waals surface area contributed by atoms with E-state index in [-0.39, 0.29) is 0 Å². The summed E-state index contributed by atoms with van der Waals surface area (Å²) in [7, 11) is 1.72. The molecule has 0 radical (unpaired) electrons. The largest absolute Gasteiger partial charge is 0.382 e. The van der Waals surface area contributed by atoms with Crippen LogP contribution in [0.15, 0.2) is 0 Å². The van der Waals surface area contributed by atoms with Gasteiger partial charge in [0, 0.05) is 19.8 Å². The summed E-state index contributed by atoms with van der Waals surface area (Å²) in [6.45, 7) is 7.89. The topological polar surface area (TPSA) is 30.5 Å². The van der Waals surface area contributed by atoms with Crippen LogP contribution >= 0.6 is 0 Å². The zero-order valence-electron chi connectivity index (χ0n) is 14.8. The van der Waals surface area contributed by atoms with Gasteiger partial charge in [0.1, 0.15) is 0 Å². The lowest BCUT2D eigenvalue weighted by Gasteiger charge is -2.18. The molecular formula is C18H39NO2. The highest BCUT2D eigenvalue weighted by Gasteiger charge is 2.07. The molecule has 3 nitrogen and oxygen atoms in total. The maximum Gasteiger partial charge on any atom is 0.0700 e. The van der Waals surface area contributed by atoms with Crippen LogP contribution in [0.5, 0.6) is 0 Å². The van der Waals surface area contributed by atoms with Gasteiger partial charge in [0.15, 0.2) is 0 Å². The fraction of sp³-hybridized carbons (Fsp3) is 1.00. The predicted molar refractivity (Wildman–Crippen MR) is 92.0 cm³/mol. The van der Waals surface area contributed by atoms with E-state index in [2.05, 4.69) is 19.2 Å². The Kier molecular flexibility index (Phi) is 17.8. The van der Waals surface area contributed by atoms with Crippen LogP contribution in [-0.2, 0) is 9.47 Å². The average molecular weight is 302 g/mol. The highest BCUT2D eigenvalue weighted by Crippen LogP contribution is 2.11. The molecule has 0 aliphatic heterocycles. The van der Waals surface area contributed by atoms with E-state index in [1.807, 2.05) is 0 Å². The van der Waals surface area contributed by atoms with Crippen molar-refractivity contribution >= 4 is 0 Å². The Hall–Kier alpha value is -0.120. The molecular weight excluding hydrogens is 262 g/mol. The van der Waals surface area contributed by atoms with Gasteiger partial charge in [-0.1, -0.05) is 58.8 Å². The van der Waals surface area contributed by atoms with Crippen molar-refractivity contribution in [1.29, 1.82) is 0 Å². The van der Waals surface area contributed by atoms with E-state index in [1.165, 1.54) is 57.8 Å². The van der Waals surface area contributed by atoms with Gasteiger partial charge in [-0.25, -0.2) is 0 Å². The van der Waals surface area contributed by atoms with Crippen molar-refractivity contribution in [3.63, 3.8) is 0 Å². The van der Waals surface area contributed by atoms with Crippen molar-refractivity contribution in [3.8, 4) is 0 Å². The fourth-order valence-corrected chi connectivity index (χ4v) is 2.51. The van der Waals surface area contributed by atoms with Gasteiger partial charge in [-0.2, -0.15) is 0 Å². The Morgan fingerprint density at radius 1 is 0.762 bits per heavy atom. The van der Waals surface area contributed by atoms with Crippen molar-refractivity contribution in [2.24, 2.45) is 0 Å². The number of ether oxygens (including phenoxy) is 2. The SMILES string of the molecule is CCCCCCCCCC(CCOCCOC)NCCC. The average Bonchev–Trinajstić information content (AvgIpc) is 2.50. The summed E-state index contributed by atoms with van der Waals surface area (Å²) in [4.78, 5) is 0. The van der Waals surface area contributed by atoms with Crippen molar-refractivity contribution < 1.29 is 9.47 Å². The number of hydrogen-bond donors (Lipinski definition) is 1. The molecule has 1 atom stereocenters. The normalized spacial score (nSPS) is 12.7. The maximum absolute atomic E-state index is 5.59. The van der Waals surface area contributed by atoms with E-state index in [0.29, 0.717) is 19.3 Å². The predicted octanol–water partition coefficient (Wildman–Crippen LogP) is 4.55. The van der Waals surface area contributed by atoms with Crippen LogP contribution in [0.1, 0.15) is 78.1 Å². The Morgan fingerprint density at radius 2 is 1.48 bits per heavy atom. The molecule has 0 heterocycles. The molecule has 0 bridgehead atoms. The second-order valence-electron chi connectivity index (χ2n) is 5.95. The Bertz CT molecular complexity index is 188. The van der Waals surface area contributed by atoms with Gasteiger partial charge in [0.2, 0.25) is 0 Å². The maximum atomic E-state index is 5.59. The molecule has 1 N–H and O–H groups in total. The van der Waals surface area contributed by atoms with Crippen LogP contribution in [-0.4, -0.2) is 39.5 Å². The first-order valence-electron chi connectivity index (χ1n) is 9.15. The summed E-state index contributed by atoms with van der Waals surface area (Å²) in [6.07, 6.45) is 13.3. The molecule has 0 aliphatic rings. The first-order valence-corrected chi connectivity index (χ1v) is 9.15. The summed E-state index contributed by atoms with van der Waals surface area (Å²) < 4.78 is 10.6. The minimum Gasteiger partial charge on any atom is -0.382 e. The first-order chi connectivity index (χ1) is 10.3. The molecule has 128 valence electrons. The molecule has 0 saturated carbocycles. The van der Waals surface area contributed by atoms with E-state index in [1.54, 1.807) is 7.11 Å². The summed E-state index contributed by atoms with van der Waals surface area (Å²) in [5.74, 6) is 0. The number of unbranched alkanes of at least 4 members (excludes halogenated alkanes) is 6. The molecule has 0 aromatic rings. The molecule has 0 fully saturated rings. The van der Waals surface area contributed by atoms with Crippen LogP contribution in [0.2, 0.25) is 0 Å². The third-order valence-corrected chi connectivity index (χ3v) is 3.88.